The van der Waals surface area contributed by atoms with Crippen LogP contribution in [-0.2, 0) is 4.79 Å². The molecule has 0 bridgehead atoms. The van der Waals surface area contributed by atoms with Gasteiger partial charge in [-0.1, -0.05) is 37.3 Å². The molecule has 2 heteroatoms. The first kappa shape index (κ1) is 11.8. The summed E-state index contributed by atoms with van der Waals surface area (Å²) >= 11 is 0. The monoisotopic (exact) mass is 205 g/mol. The quantitative estimate of drug-likeness (QED) is 0.740. The molecule has 1 amide bonds. The molecule has 0 saturated heterocycles. The minimum atomic E-state index is 0.158. The first-order valence-corrected chi connectivity index (χ1v) is 5.47. The summed E-state index contributed by atoms with van der Waals surface area (Å²) in [5, 5.41) is 0. The van der Waals surface area contributed by atoms with E-state index in [1.165, 1.54) is 5.56 Å². The third kappa shape index (κ3) is 3.08. The normalized spacial score (nSPS) is 12.2. The van der Waals surface area contributed by atoms with Gasteiger partial charge in [0.2, 0.25) is 5.91 Å². The molecule has 0 unspecified atom stereocenters. The molecule has 15 heavy (non-hydrogen) atoms. The number of amides is 1. The van der Waals surface area contributed by atoms with Crippen LogP contribution in [0.5, 0.6) is 0 Å². The Balaban J connectivity index is 2.68. The second-order valence-corrected chi connectivity index (χ2v) is 3.84. The molecule has 1 aromatic rings. The SMILES string of the molecule is CCCC(=O)N(C)[C@@H](C)c1ccccc1. The zero-order valence-corrected chi connectivity index (χ0v) is 9.73. The van der Waals surface area contributed by atoms with Crippen molar-refractivity contribution in [1.82, 2.24) is 4.90 Å². The molecule has 0 aromatic heterocycles. The summed E-state index contributed by atoms with van der Waals surface area (Å²) in [4.78, 5) is 13.5. The van der Waals surface area contributed by atoms with Crippen LogP contribution >= 0.6 is 0 Å². The molecule has 0 aliphatic rings. The van der Waals surface area contributed by atoms with Crippen LogP contribution in [0.4, 0.5) is 0 Å². The largest absolute Gasteiger partial charge is 0.339 e. The Morgan fingerprint density at radius 2 is 1.93 bits per heavy atom. The smallest absolute Gasteiger partial charge is 0.222 e. The predicted octanol–water partition coefficient (Wildman–Crippen LogP) is 3.01. The van der Waals surface area contributed by atoms with E-state index >= 15 is 0 Å². The third-order valence-corrected chi connectivity index (χ3v) is 2.72. The van der Waals surface area contributed by atoms with Gasteiger partial charge in [0, 0.05) is 13.5 Å². The first-order chi connectivity index (χ1) is 7.16. The van der Waals surface area contributed by atoms with Gasteiger partial charge in [-0.2, -0.15) is 0 Å². The molecule has 2 nitrogen and oxygen atoms in total. The molecular weight excluding hydrogens is 186 g/mol. The van der Waals surface area contributed by atoms with Crippen LogP contribution in [-0.4, -0.2) is 17.9 Å². The molecule has 0 aliphatic carbocycles. The maximum atomic E-state index is 11.7. The maximum absolute atomic E-state index is 11.7. The summed E-state index contributed by atoms with van der Waals surface area (Å²) in [6, 6.07) is 10.3. The molecule has 1 aromatic carbocycles. The molecule has 0 radical (unpaired) electrons. The fourth-order valence-electron chi connectivity index (χ4n) is 1.56. The van der Waals surface area contributed by atoms with Crippen LogP contribution in [0.25, 0.3) is 0 Å². The first-order valence-electron chi connectivity index (χ1n) is 5.47. The van der Waals surface area contributed by atoms with Crippen LogP contribution < -0.4 is 0 Å². The lowest BCUT2D eigenvalue weighted by molar-refractivity contribution is -0.131. The summed E-state index contributed by atoms with van der Waals surface area (Å²) in [7, 11) is 1.87. The van der Waals surface area contributed by atoms with Gasteiger partial charge in [-0.3, -0.25) is 4.79 Å². The molecule has 0 heterocycles. The standard InChI is InChI=1S/C13H19NO/c1-4-8-13(15)14(3)11(2)12-9-6-5-7-10-12/h5-7,9-11H,4,8H2,1-3H3/t11-/m0/s1. The zero-order chi connectivity index (χ0) is 11.3. The molecule has 0 fully saturated rings. The number of carbonyl (C=O) groups is 1. The summed E-state index contributed by atoms with van der Waals surface area (Å²) < 4.78 is 0. The van der Waals surface area contributed by atoms with Crippen LogP contribution in [0.2, 0.25) is 0 Å². The van der Waals surface area contributed by atoms with Crippen LogP contribution in [0.3, 0.4) is 0 Å². The number of rotatable bonds is 4. The second kappa shape index (κ2) is 5.54. The molecular formula is C13H19NO. The molecule has 1 rings (SSSR count). The van der Waals surface area contributed by atoms with E-state index in [2.05, 4.69) is 19.1 Å². The van der Waals surface area contributed by atoms with Crippen LogP contribution in [0.15, 0.2) is 30.3 Å². The van der Waals surface area contributed by atoms with E-state index in [1.54, 1.807) is 0 Å². The van der Waals surface area contributed by atoms with Crippen LogP contribution in [0, 0.1) is 0 Å². The van der Waals surface area contributed by atoms with E-state index in [4.69, 9.17) is 0 Å². The summed E-state index contributed by atoms with van der Waals surface area (Å²) in [5.41, 5.74) is 1.18. The third-order valence-electron chi connectivity index (χ3n) is 2.72. The van der Waals surface area contributed by atoms with Crippen molar-refractivity contribution >= 4 is 5.91 Å². The Morgan fingerprint density at radius 1 is 1.33 bits per heavy atom. The summed E-state index contributed by atoms with van der Waals surface area (Å²) in [6.45, 7) is 4.09. The zero-order valence-electron chi connectivity index (χ0n) is 9.73. The Morgan fingerprint density at radius 3 is 2.47 bits per heavy atom. The van der Waals surface area contributed by atoms with E-state index in [1.807, 2.05) is 37.1 Å². The molecule has 0 N–H and O–H groups in total. The lowest BCUT2D eigenvalue weighted by Gasteiger charge is -2.25. The fourth-order valence-corrected chi connectivity index (χ4v) is 1.56. The van der Waals surface area contributed by atoms with E-state index in [0.717, 1.165) is 6.42 Å². The van der Waals surface area contributed by atoms with Gasteiger partial charge in [0.15, 0.2) is 0 Å². The van der Waals surface area contributed by atoms with Crippen molar-refractivity contribution < 1.29 is 4.79 Å². The minimum absolute atomic E-state index is 0.158. The highest BCUT2D eigenvalue weighted by molar-refractivity contribution is 5.76. The second-order valence-electron chi connectivity index (χ2n) is 3.84. The van der Waals surface area contributed by atoms with E-state index in [0.29, 0.717) is 6.42 Å². The van der Waals surface area contributed by atoms with Gasteiger partial charge in [-0.05, 0) is 18.9 Å². The number of hydrogen-bond acceptors (Lipinski definition) is 1. The number of carbonyl (C=O) groups excluding carboxylic acids is 1. The topological polar surface area (TPSA) is 20.3 Å². The average molecular weight is 205 g/mol. The van der Waals surface area contributed by atoms with Crippen molar-refractivity contribution in [2.24, 2.45) is 0 Å². The van der Waals surface area contributed by atoms with E-state index in [-0.39, 0.29) is 11.9 Å². The molecule has 0 spiro atoms. The Kier molecular flexibility index (Phi) is 4.35. The van der Waals surface area contributed by atoms with Gasteiger partial charge < -0.3 is 4.90 Å². The van der Waals surface area contributed by atoms with Gasteiger partial charge in [0.1, 0.15) is 0 Å². The summed E-state index contributed by atoms with van der Waals surface area (Å²) in [5.74, 6) is 0.217. The van der Waals surface area contributed by atoms with Crippen LogP contribution in [0.1, 0.15) is 38.3 Å². The van der Waals surface area contributed by atoms with E-state index in [9.17, 15) is 4.79 Å². The van der Waals surface area contributed by atoms with Crippen molar-refractivity contribution in [1.29, 1.82) is 0 Å². The maximum Gasteiger partial charge on any atom is 0.222 e. The van der Waals surface area contributed by atoms with Gasteiger partial charge in [-0.25, -0.2) is 0 Å². The van der Waals surface area contributed by atoms with Gasteiger partial charge in [-0.15, -0.1) is 0 Å². The van der Waals surface area contributed by atoms with Crippen molar-refractivity contribution in [3.63, 3.8) is 0 Å². The van der Waals surface area contributed by atoms with Gasteiger partial charge in [0.25, 0.3) is 0 Å². The summed E-state index contributed by atoms with van der Waals surface area (Å²) in [6.07, 6.45) is 1.54. The number of nitrogens with zero attached hydrogens (tertiary/aromatic N) is 1. The molecule has 0 saturated carbocycles. The van der Waals surface area contributed by atoms with Gasteiger partial charge in [0.05, 0.1) is 6.04 Å². The minimum Gasteiger partial charge on any atom is -0.339 e. The molecule has 82 valence electrons. The van der Waals surface area contributed by atoms with Crippen molar-refractivity contribution in [3.8, 4) is 0 Å². The highest BCUT2D eigenvalue weighted by Crippen LogP contribution is 2.18. The predicted molar refractivity (Wildman–Crippen MR) is 62.5 cm³/mol. The Hall–Kier alpha value is -1.31. The lowest BCUT2D eigenvalue weighted by Crippen LogP contribution is -2.29. The molecule has 1 atom stereocenters. The average Bonchev–Trinajstić information content (AvgIpc) is 2.28. The Bertz CT molecular complexity index is 308. The molecule has 0 aliphatic heterocycles. The number of hydrogen-bond donors (Lipinski definition) is 0. The van der Waals surface area contributed by atoms with E-state index < -0.39 is 0 Å². The van der Waals surface area contributed by atoms with Crippen molar-refractivity contribution in [3.05, 3.63) is 35.9 Å². The number of benzene rings is 1. The Labute approximate surface area is 91.9 Å². The van der Waals surface area contributed by atoms with Crippen molar-refractivity contribution in [2.45, 2.75) is 32.7 Å². The highest BCUT2D eigenvalue weighted by atomic mass is 16.2. The fraction of sp³-hybridized carbons (Fsp3) is 0.462. The van der Waals surface area contributed by atoms with Crippen molar-refractivity contribution in [2.75, 3.05) is 7.05 Å². The lowest BCUT2D eigenvalue weighted by atomic mass is 10.1. The van der Waals surface area contributed by atoms with Gasteiger partial charge >= 0.3 is 0 Å². The highest BCUT2D eigenvalue weighted by Gasteiger charge is 2.15.